The van der Waals surface area contributed by atoms with E-state index in [0.717, 1.165) is 36.3 Å². The molecule has 0 fully saturated rings. The van der Waals surface area contributed by atoms with E-state index in [4.69, 9.17) is 0 Å². The molecule has 4 aliphatic rings. The Kier molecular flexibility index (Phi) is 12.7. The summed E-state index contributed by atoms with van der Waals surface area (Å²) in [6, 6.07) is 73.1. The van der Waals surface area contributed by atoms with Crippen molar-refractivity contribution < 1.29 is 0 Å². The number of fused-ring (bicyclic) bond motifs is 6. The van der Waals surface area contributed by atoms with Gasteiger partial charge in [-0.2, -0.15) is 0 Å². The Hall–Kier alpha value is -7.56. The average Bonchev–Trinajstić information content (AvgIpc) is 1.10. The first-order valence-electron chi connectivity index (χ1n) is 30.8. The highest BCUT2D eigenvalue weighted by molar-refractivity contribution is 7.00. The molecule has 2 aliphatic heterocycles. The molecule has 9 aromatic rings. The first-order chi connectivity index (χ1) is 39.3. The van der Waals surface area contributed by atoms with Gasteiger partial charge in [-0.15, -0.1) is 0 Å². The third-order valence-electron chi connectivity index (χ3n) is 20.0. The lowest BCUT2D eigenvalue weighted by Gasteiger charge is -2.48. The molecule has 83 heavy (non-hydrogen) atoms. The van der Waals surface area contributed by atoms with Crippen LogP contribution in [0.3, 0.4) is 0 Å². The average molecular weight is 1090 g/mol. The fourth-order valence-electron chi connectivity index (χ4n) is 14.6. The van der Waals surface area contributed by atoms with Crippen molar-refractivity contribution in [1.82, 2.24) is 0 Å². The van der Waals surface area contributed by atoms with E-state index >= 15 is 0 Å². The summed E-state index contributed by atoms with van der Waals surface area (Å²) in [5, 5.41) is 0. The fraction of sp³-hybridized carbons (Fsp3) is 0.316. The van der Waals surface area contributed by atoms with Crippen molar-refractivity contribution in [1.29, 1.82) is 0 Å². The second-order valence-electron chi connectivity index (χ2n) is 29.6. The first kappa shape index (κ1) is 54.7. The van der Waals surface area contributed by atoms with Crippen LogP contribution in [0, 0.1) is 6.92 Å². The maximum atomic E-state index is 2.75. The van der Waals surface area contributed by atoms with Crippen LogP contribution in [0.5, 0.6) is 0 Å². The van der Waals surface area contributed by atoms with E-state index in [-0.39, 0.29) is 39.2 Å². The number of rotatable bonds is 7. The van der Waals surface area contributed by atoms with Crippen LogP contribution in [0.15, 0.2) is 188 Å². The minimum absolute atomic E-state index is 0.0125. The molecule has 0 amide bonds. The highest BCUT2D eigenvalue weighted by Crippen LogP contribution is 2.55. The summed E-state index contributed by atoms with van der Waals surface area (Å²) in [6.07, 6.45) is 4.61. The molecule has 9 aromatic carbocycles. The van der Waals surface area contributed by atoms with Crippen LogP contribution in [0.1, 0.15) is 162 Å². The van der Waals surface area contributed by atoms with E-state index < -0.39 is 0 Å². The van der Waals surface area contributed by atoms with Crippen molar-refractivity contribution >= 4 is 74.3 Å². The van der Waals surface area contributed by atoms with E-state index in [1.165, 1.54) is 118 Å². The monoisotopic (exact) mass is 1090 g/mol. The molecule has 0 aromatic heterocycles. The van der Waals surface area contributed by atoms with Crippen molar-refractivity contribution in [3.63, 3.8) is 0 Å². The minimum Gasteiger partial charge on any atom is -0.311 e. The molecule has 0 atom stereocenters. The molecule has 0 unspecified atom stereocenters. The van der Waals surface area contributed by atoms with Gasteiger partial charge in [-0.05, 0) is 204 Å². The smallest absolute Gasteiger partial charge is 0.252 e. The largest absolute Gasteiger partial charge is 0.311 e. The molecule has 0 saturated carbocycles. The zero-order valence-corrected chi connectivity index (χ0v) is 52.1. The summed E-state index contributed by atoms with van der Waals surface area (Å²) >= 11 is 0. The minimum atomic E-state index is -0.0977. The van der Waals surface area contributed by atoms with Crippen molar-refractivity contribution in [3.05, 3.63) is 227 Å². The SMILES string of the molecule is Cc1ccc(-c2ccccc2)cc1N1c2cc(C(C)(C)C)ccc2B2c3cc4c(cc3N(c3ccc(C(C)(C)C)cc3-c3ccc5c(c3)C(C)(C)CCC5(C)C)c3cc(N(c5ccccc5)c5ccccc5)cc1c32)C(C)(C)CCC4(C)C. The molecule has 2 aliphatic carbocycles. The van der Waals surface area contributed by atoms with Crippen molar-refractivity contribution in [2.75, 3.05) is 14.7 Å². The Morgan fingerprint density at radius 1 is 0.361 bits per heavy atom. The van der Waals surface area contributed by atoms with Crippen LogP contribution in [0.2, 0.25) is 0 Å². The normalized spacial score (nSPS) is 17.0. The number of anilines is 9. The van der Waals surface area contributed by atoms with E-state index in [1.807, 2.05) is 0 Å². The molecule has 2 heterocycles. The second kappa shape index (κ2) is 19.2. The van der Waals surface area contributed by atoms with Gasteiger partial charge in [-0.25, -0.2) is 0 Å². The van der Waals surface area contributed by atoms with Gasteiger partial charge in [0.25, 0.3) is 6.71 Å². The number of benzene rings is 9. The van der Waals surface area contributed by atoms with Crippen molar-refractivity contribution in [2.45, 2.75) is 162 Å². The van der Waals surface area contributed by atoms with Gasteiger partial charge >= 0.3 is 0 Å². The molecule has 0 radical (unpaired) electrons. The maximum absolute atomic E-state index is 2.75. The number of hydrogen-bond donors (Lipinski definition) is 0. The highest BCUT2D eigenvalue weighted by atomic mass is 15.2. The van der Waals surface area contributed by atoms with Crippen LogP contribution < -0.4 is 31.1 Å². The third kappa shape index (κ3) is 9.17. The Morgan fingerprint density at radius 2 is 0.843 bits per heavy atom. The molecule has 0 N–H and O–H groups in total. The van der Waals surface area contributed by atoms with Crippen LogP contribution in [-0.2, 0) is 32.5 Å². The number of nitrogens with zero attached hydrogens (tertiary/aromatic N) is 3. The fourth-order valence-corrected chi connectivity index (χ4v) is 14.6. The Labute approximate surface area is 497 Å². The Morgan fingerprint density at radius 3 is 1.42 bits per heavy atom. The van der Waals surface area contributed by atoms with E-state index in [9.17, 15) is 0 Å². The molecule has 4 heteroatoms. The number of aryl methyl sites for hydroxylation is 1. The topological polar surface area (TPSA) is 9.72 Å². The second-order valence-corrected chi connectivity index (χ2v) is 29.6. The zero-order valence-electron chi connectivity index (χ0n) is 52.1. The molecule has 3 nitrogen and oxygen atoms in total. The number of hydrogen-bond acceptors (Lipinski definition) is 3. The van der Waals surface area contributed by atoms with Gasteiger partial charge < -0.3 is 14.7 Å². The number of para-hydroxylation sites is 2. The van der Waals surface area contributed by atoms with Crippen LogP contribution in [0.4, 0.5) is 51.2 Å². The summed E-state index contributed by atoms with van der Waals surface area (Å²) in [5.41, 5.74) is 29.3. The Balaban J connectivity index is 1.21. The Bertz CT molecular complexity index is 3980. The van der Waals surface area contributed by atoms with Crippen LogP contribution in [0.25, 0.3) is 22.3 Å². The molecule has 0 saturated heterocycles. The molecular weight excluding hydrogens is 1000 g/mol. The lowest BCUT2D eigenvalue weighted by atomic mass is 9.33. The van der Waals surface area contributed by atoms with Crippen LogP contribution >= 0.6 is 0 Å². The lowest BCUT2D eigenvalue weighted by Crippen LogP contribution is -2.62. The van der Waals surface area contributed by atoms with Gasteiger partial charge in [0, 0.05) is 45.4 Å². The molecule has 0 bridgehead atoms. The third-order valence-corrected chi connectivity index (χ3v) is 20.0. The predicted molar refractivity (Wildman–Crippen MR) is 359 cm³/mol. The van der Waals surface area contributed by atoms with Crippen molar-refractivity contribution in [3.8, 4) is 22.3 Å². The molecular formula is C79H84BN3. The van der Waals surface area contributed by atoms with Gasteiger partial charge in [0.2, 0.25) is 0 Å². The van der Waals surface area contributed by atoms with Crippen LogP contribution in [-0.4, -0.2) is 6.71 Å². The lowest BCUT2D eigenvalue weighted by molar-refractivity contribution is 0.332. The van der Waals surface area contributed by atoms with Gasteiger partial charge in [0.15, 0.2) is 0 Å². The molecule has 13 rings (SSSR count). The van der Waals surface area contributed by atoms with E-state index in [0.29, 0.717) is 0 Å². The summed E-state index contributed by atoms with van der Waals surface area (Å²) < 4.78 is 0. The van der Waals surface area contributed by atoms with Gasteiger partial charge in [0.1, 0.15) is 0 Å². The van der Waals surface area contributed by atoms with Crippen molar-refractivity contribution in [2.24, 2.45) is 0 Å². The first-order valence-corrected chi connectivity index (χ1v) is 30.8. The van der Waals surface area contributed by atoms with Gasteiger partial charge in [0.05, 0.1) is 11.4 Å². The maximum Gasteiger partial charge on any atom is 0.252 e. The van der Waals surface area contributed by atoms with E-state index in [1.54, 1.807) is 0 Å². The predicted octanol–water partition coefficient (Wildman–Crippen LogP) is 20.2. The highest BCUT2D eigenvalue weighted by Gasteiger charge is 2.48. The zero-order chi connectivity index (χ0) is 58.3. The molecule has 418 valence electrons. The standard InChI is InChI=1S/C79H84BN3/c1-51-31-32-53(52-25-19-16-20-26-52)44-68(51)83-69-46-56(75(5,6)7)34-37-65(69)80-66-49-63-64(79(14,15)42-41-78(63,12)13)50-70(66)82(71-47-59(48-72(83)73(71)80)81(57-27-21-17-22-28-57)58-29-23-18-24-30-58)67-38-35-55(74(2,3)4)45-60(67)54-33-36-61-62(43-54)77(10,11)40-39-76(61,8)9/h16-38,43-50H,39-42H2,1-15H3. The van der Waals surface area contributed by atoms with Gasteiger partial charge in [-0.3, -0.25) is 0 Å². The quantitative estimate of drug-likeness (QED) is 0.147. The van der Waals surface area contributed by atoms with E-state index in [2.05, 4.69) is 307 Å². The molecule has 0 spiro atoms. The summed E-state index contributed by atoms with van der Waals surface area (Å²) in [4.78, 5) is 7.91. The summed E-state index contributed by atoms with van der Waals surface area (Å²) in [6.45, 7) is 36.3. The summed E-state index contributed by atoms with van der Waals surface area (Å²) in [5.74, 6) is 0. The van der Waals surface area contributed by atoms with Gasteiger partial charge in [-0.1, -0.05) is 218 Å². The summed E-state index contributed by atoms with van der Waals surface area (Å²) in [7, 11) is 0.